The van der Waals surface area contributed by atoms with Crippen molar-refractivity contribution in [2.24, 2.45) is 0 Å². The van der Waals surface area contributed by atoms with Crippen molar-refractivity contribution in [1.82, 2.24) is 9.97 Å². The van der Waals surface area contributed by atoms with Crippen LogP contribution in [-0.2, 0) is 16.6 Å². The zero-order valence-corrected chi connectivity index (χ0v) is 18.8. The normalized spacial score (nSPS) is 11.5. The monoisotopic (exact) mass is 473 g/mol. The molecule has 0 saturated carbocycles. The van der Waals surface area contributed by atoms with E-state index < -0.39 is 21.7 Å². The zero-order chi connectivity index (χ0) is 23.8. The summed E-state index contributed by atoms with van der Waals surface area (Å²) in [6.07, 6.45) is 0. The zero-order valence-electron chi connectivity index (χ0n) is 18.0. The number of anilines is 1. The standard InChI is InChI=1S/C22H20FN3O6S/c1-13-9-16-18(32-22(27)24-16)11-19(13)33(28,29)26(21-6-4-5-20(23)25-21)12-14-7-8-15(30-2)10-17(14)31-3/h4-11H,12H2,1-3H3,(H,24,27). The van der Waals surface area contributed by atoms with Gasteiger partial charge in [-0.1, -0.05) is 6.07 Å². The van der Waals surface area contributed by atoms with Gasteiger partial charge in [0.2, 0.25) is 5.95 Å². The van der Waals surface area contributed by atoms with E-state index in [0.717, 1.165) is 10.4 Å². The van der Waals surface area contributed by atoms with E-state index in [1.54, 1.807) is 25.1 Å². The molecular formula is C22H20FN3O6S. The molecule has 0 saturated heterocycles. The fourth-order valence-corrected chi connectivity index (χ4v) is 5.06. The fourth-order valence-electron chi connectivity index (χ4n) is 3.45. The quantitative estimate of drug-likeness (QED) is 0.409. The number of pyridine rings is 1. The van der Waals surface area contributed by atoms with Gasteiger partial charge < -0.3 is 13.9 Å². The van der Waals surface area contributed by atoms with E-state index in [9.17, 15) is 17.6 Å². The summed E-state index contributed by atoms with van der Waals surface area (Å²) in [5.74, 6) is -0.751. The van der Waals surface area contributed by atoms with Crippen LogP contribution < -0.4 is 19.5 Å². The number of benzene rings is 2. The maximum atomic E-state index is 14.0. The maximum Gasteiger partial charge on any atom is 0.417 e. The minimum absolute atomic E-state index is 0.0818. The van der Waals surface area contributed by atoms with Crippen LogP contribution in [0.2, 0.25) is 0 Å². The second-order valence-corrected chi connectivity index (χ2v) is 8.97. The van der Waals surface area contributed by atoms with Gasteiger partial charge in [0.05, 0.1) is 31.2 Å². The van der Waals surface area contributed by atoms with E-state index in [2.05, 4.69) is 9.97 Å². The third kappa shape index (κ3) is 4.27. The number of fused-ring (bicyclic) bond motifs is 1. The second-order valence-electron chi connectivity index (χ2n) is 7.14. The van der Waals surface area contributed by atoms with Gasteiger partial charge in [0.1, 0.15) is 17.3 Å². The van der Waals surface area contributed by atoms with E-state index in [1.807, 2.05) is 0 Å². The first-order valence-electron chi connectivity index (χ1n) is 9.72. The van der Waals surface area contributed by atoms with Gasteiger partial charge in [-0.2, -0.15) is 4.39 Å². The summed E-state index contributed by atoms with van der Waals surface area (Å²) in [4.78, 5) is 17.7. The number of hydrogen-bond donors (Lipinski definition) is 1. The molecule has 172 valence electrons. The Morgan fingerprint density at radius 3 is 2.61 bits per heavy atom. The number of methoxy groups -OCH3 is 2. The molecule has 2 heterocycles. The summed E-state index contributed by atoms with van der Waals surface area (Å²) in [6.45, 7) is 1.38. The predicted octanol–water partition coefficient (Wildman–Crippen LogP) is 3.38. The number of nitrogens with zero attached hydrogens (tertiary/aromatic N) is 2. The molecule has 0 bridgehead atoms. The molecule has 33 heavy (non-hydrogen) atoms. The Bertz CT molecular complexity index is 1500. The number of H-pyrrole nitrogens is 1. The van der Waals surface area contributed by atoms with Gasteiger partial charge in [0.15, 0.2) is 5.58 Å². The van der Waals surface area contributed by atoms with Crippen LogP contribution in [0.1, 0.15) is 11.1 Å². The lowest BCUT2D eigenvalue weighted by Gasteiger charge is -2.25. The van der Waals surface area contributed by atoms with Crippen molar-refractivity contribution in [2.75, 3.05) is 18.5 Å². The minimum atomic E-state index is -4.28. The molecule has 4 rings (SSSR count). The first kappa shape index (κ1) is 22.3. The topological polar surface area (TPSA) is 115 Å². The van der Waals surface area contributed by atoms with Gasteiger partial charge in [-0.25, -0.2) is 22.5 Å². The summed E-state index contributed by atoms with van der Waals surface area (Å²) in [5, 5.41) is 0. The van der Waals surface area contributed by atoms with Crippen LogP contribution in [0.5, 0.6) is 11.5 Å². The number of halogens is 1. The molecule has 0 radical (unpaired) electrons. The average molecular weight is 473 g/mol. The van der Waals surface area contributed by atoms with Crippen molar-refractivity contribution in [1.29, 1.82) is 0 Å². The molecule has 0 atom stereocenters. The Balaban J connectivity index is 1.88. The van der Waals surface area contributed by atoms with Crippen LogP contribution in [0.25, 0.3) is 11.1 Å². The summed E-state index contributed by atoms with van der Waals surface area (Å²) in [7, 11) is -1.33. The highest BCUT2D eigenvalue weighted by atomic mass is 32.2. The summed E-state index contributed by atoms with van der Waals surface area (Å²) >= 11 is 0. The van der Waals surface area contributed by atoms with Gasteiger partial charge in [0, 0.05) is 17.7 Å². The summed E-state index contributed by atoms with van der Waals surface area (Å²) < 4.78 is 58.2. The van der Waals surface area contributed by atoms with Crippen LogP contribution in [-0.4, -0.2) is 32.6 Å². The molecule has 1 N–H and O–H groups in total. The van der Waals surface area contributed by atoms with E-state index >= 15 is 0 Å². The van der Waals surface area contributed by atoms with Crippen LogP contribution in [0, 0.1) is 12.9 Å². The number of aromatic nitrogens is 2. The van der Waals surface area contributed by atoms with Crippen LogP contribution in [0.3, 0.4) is 0 Å². The van der Waals surface area contributed by atoms with Gasteiger partial charge in [-0.15, -0.1) is 0 Å². The molecular weight excluding hydrogens is 453 g/mol. The number of oxazole rings is 1. The van der Waals surface area contributed by atoms with Gasteiger partial charge in [-0.05, 0) is 42.8 Å². The van der Waals surface area contributed by atoms with Gasteiger partial charge in [0.25, 0.3) is 10.0 Å². The van der Waals surface area contributed by atoms with Crippen molar-refractivity contribution in [3.8, 4) is 11.5 Å². The number of aryl methyl sites for hydroxylation is 1. The number of sulfonamides is 1. The lowest BCUT2D eigenvalue weighted by atomic mass is 10.2. The van der Waals surface area contributed by atoms with E-state index in [4.69, 9.17) is 13.9 Å². The first-order chi connectivity index (χ1) is 15.7. The highest BCUT2D eigenvalue weighted by Gasteiger charge is 2.30. The van der Waals surface area contributed by atoms with Gasteiger partial charge >= 0.3 is 5.76 Å². The molecule has 0 amide bonds. The van der Waals surface area contributed by atoms with E-state index in [0.29, 0.717) is 28.1 Å². The molecule has 4 aromatic rings. The highest BCUT2D eigenvalue weighted by molar-refractivity contribution is 7.92. The minimum Gasteiger partial charge on any atom is -0.497 e. The molecule has 0 aliphatic carbocycles. The van der Waals surface area contributed by atoms with Crippen molar-refractivity contribution < 1.29 is 26.7 Å². The maximum absolute atomic E-state index is 14.0. The number of ether oxygens (including phenoxy) is 2. The van der Waals surface area contributed by atoms with Crippen molar-refractivity contribution in [3.63, 3.8) is 0 Å². The lowest BCUT2D eigenvalue weighted by Crippen LogP contribution is -2.32. The SMILES string of the molecule is COc1ccc(CN(c2cccc(F)n2)S(=O)(=O)c2cc3oc(=O)[nH]c3cc2C)c(OC)c1. The predicted molar refractivity (Wildman–Crippen MR) is 119 cm³/mol. The first-order valence-corrected chi connectivity index (χ1v) is 11.2. The van der Waals surface area contributed by atoms with Crippen molar-refractivity contribution in [2.45, 2.75) is 18.4 Å². The third-order valence-electron chi connectivity index (χ3n) is 5.05. The number of hydrogen-bond acceptors (Lipinski definition) is 7. The second kappa shape index (κ2) is 8.58. The molecule has 11 heteroatoms. The number of nitrogens with one attached hydrogen (secondary N) is 1. The summed E-state index contributed by atoms with van der Waals surface area (Å²) in [5.41, 5.74) is 1.31. The van der Waals surface area contributed by atoms with E-state index in [1.165, 1.54) is 38.5 Å². The molecule has 2 aromatic heterocycles. The Morgan fingerprint density at radius 1 is 1.12 bits per heavy atom. The molecule has 0 fully saturated rings. The molecule has 9 nitrogen and oxygen atoms in total. The molecule has 0 unspecified atom stereocenters. The molecule has 0 aliphatic rings. The fraction of sp³-hybridized carbons (Fsp3) is 0.182. The summed E-state index contributed by atoms with van der Waals surface area (Å²) in [6, 6.07) is 11.6. The third-order valence-corrected chi connectivity index (χ3v) is 6.94. The average Bonchev–Trinajstić information content (AvgIpc) is 3.15. The lowest BCUT2D eigenvalue weighted by molar-refractivity contribution is 0.391. The Kier molecular flexibility index (Phi) is 5.81. The van der Waals surface area contributed by atoms with Gasteiger partial charge in [-0.3, -0.25) is 4.98 Å². The largest absolute Gasteiger partial charge is 0.497 e. The Hall–Kier alpha value is -3.86. The molecule has 2 aromatic carbocycles. The van der Waals surface area contributed by atoms with Crippen LogP contribution in [0.15, 0.2) is 62.6 Å². The highest BCUT2D eigenvalue weighted by Crippen LogP contribution is 2.32. The Morgan fingerprint density at radius 2 is 1.91 bits per heavy atom. The number of aromatic amines is 1. The molecule has 0 aliphatic heterocycles. The van der Waals surface area contributed by atoms with Crippen LogP contribution in [0.4, 0.5) is 10.2 Å². The Labute approximate surface area is 188 Å². The van der Waals surface area contributed by atoms with E-state index in [-0.39, 0.29) is 22.8 Å². The number of rotatable bonds is 7. The smallest absolute Gasteiger partial charge is 0.417 e. The molecule has 0 spiro atoms. The van der Waals surface area contributed by atoms with Crippen LogP contribution >= 0.6 is 0 Å². The van der Waals surface area contributed by atoms with Crippen molar-refractivity contribution >= 4 is 26.9 Å². The van der Waals surface area contributed by atoms with Crippen molar-refractivity contribution in [3.05, 3.63) is 76.2 Å².